The molecule has 0 radical (unpaired) electrons. The number of ether oxygens (including phenoxy) is 1. The van der Waals surface area contributed by atoms with Gasteiger partial charge in [0.25, 0.3) is 0 Å². The zero-order valence-corrected chi connectivity index (χ0v) is 9.85. The largest absolute Gasteiger partial charge is 0.459 e. The summed E-state index contributed by atoms with van der Waals surface area (Å²) in [6.07, 6.45) is 5.27. The molecule has 0 N–H and O–H groups in total. The highest BCUT2D eigenvalue weighted by atomic mass is 16.6. The monoisotopic (exact) mass is 230 g/mol. The minimum atomic E-state index is -0.328. The molecule has 0 unspecified atom stereocenters. The fourth-order valence-corrected chi connectivity index (χ4v) is 1.73. The van der Waals surface area contributed by atoms with Crippen LogP contribution in [0.25, 0.3) is 0 Å². The van der Waals surface area contributed by atoms with E-state index in [1.165, 1.54) is 12.8 Å². The summed E-state index contributed by atoms with van der Waals surface area (Å²) in [7, 11) is 0. The van der Waals surface area contributed by atoms with Gasteiger partial charge in [0, 0.05) is 0 Å². The standard InChI is InChI=1S/C12H22O2.2CH4/c1-5-11(2,3)10(13)14-12(4)8-6-7-9-12;;/h5-9H2,1-4H3;2*1H4. The van der Waals surface area contributed by atoms with Gasteiger partial charge in [-0.05, 0) is 52.9 Å². The lowest BCUT2D eigenvalue weighted by atomic mass is 9.90. The highest BCUT2D eigenvalue weighted by molar-refractivity contribution is 5.76. The Labute approximate surface area is 102 Å². The molecule has 1 aliphatic rings. The minimum absolute atomic E-state index is 0. The maximum absolute atomic E-state index is 11.8. The lowest BCUT2D eigenvalue weighted by molar-refractivity contribution is -0.168. The van der Waals surface area contributed by atoms with Crippen LogP contribution in [0.2, 0.25) is 0 Å². The first-order chi connectivity index (χ1) is 6.40. The number of hydrogen-bond donors (Lipinski definition) is 0. The molecular weight excluding hydrogens is 200 g/mol. The summed E-state index contributed by atoms with van der Waals surface area (Å²) in [5.41, 5.74) is -0.505. The number of carbonyl (C=O) groups excluding carboxylic acids is 1. The van der Waals surface area contributed by atoms with E-state index in [0.29, 0.717) is 0 Å². The third-order valence-corrected chi connectivity index (χ3v) is 3.44. The van der Waals surface area contributed by atoms with Crippen LogP contribution in [0.4, 0.5) is 0 Å². The van der Waals surface area contributed by atoms with Crippen LogP contribution >= 0.6 is 0 Å². The molecule has 98 valence electrons. The highest BCUT2D eigenvalue weighted by Crippen LogP contribution is 2.35. The van der Waals surface area contributed by atoms with Crippen molar-refractivity contribution in [2.75, 3.05) is 0 Å². The van der Waals surface area contributed by atoms with Gasteiger partial charge in [0.1, 0.15) is 5.60 Å². The van der Waals surface area contributed by atoms with Crippen molar-refractivity contribution in [3.63, 3.8) is 0 Å². The van der Waals surface area contributed by atoms with Crippen molar-refractivity contribution in [1.82, 2.24) is 0 Å². The van der Waals surface area contributed by atoms with E-state index in [2.05, 4.69) is 6.92 Å². The molecule has 0 amide bonds. The molecule has 0 saturated heterocycles. The topological polar surface area (TPSA) is 26.3 Å². The molecule has 2 heteroatoms. The van der Waals surface area contributed by atoms with Crippen molar-refractivity contribution < 1.29 is 9.53 Å². The lowest BCUT2D eigenvalue weighted by Gasteiger charge is -2.29. The van der Waals surface area contributed by atoms with Gasteiger partial charge >= 0.3 is 5.97 Å². The third kappa shape index (κ3) is 4.15. The van der Waals surface area contributed by atoms with Crippen LogP contribution in [-0.4, -0.2) is 11.6 Å². The predicted octanol–water partition coefficient (Wildman–Crippen LogP) is 4.57. The van der Waals surface area contributed by atoms with Crippen molar-refractivity contribution >= 4 is 5.97 Å². The van der Waals surface area contributed by atoms with E-state index in [0.717, 1.165) is 19.3 Å². The van der Waals surface area contributed by atoms with E-state index < -0.39 is 0 Å². The SMILES string of the molecule is C.C.CCC(C)(C)C(=O)OC1(C)CCCC1. The van der Waals surface area contributed by atoms with E-state index in [-0.39, 0.29) is 31.8 Å². The molecule has 1 rings (SSSR count). The summed E-state index contributed by atoms with van der Waals surface area (Å²) < 4.78 is 5.62. The predicted molar refractivity (Wildman–Crippen MR) is 70.5 cm³/mol. The first kappa shape index (κ1) is 17.9. The van der Waals surface area contributed by atoms with Gasteiger partial charge in [-0.15, -0.1) is 0 Å². The number of carbonyl (C=O) groups is 1. The van der Waals surface area contributed by atoms with Crippen LogP contribution in [0.15, 0.2) is 0 Å². The second-order valence-electron chi connectivity index (χ2n) is 5.28. The summed E-state index contributed by atoms with van der Waals surface area (Å²) in [6, 6.07) is 0. The van der Waals surface area contributed by atoms with Gasteiger partial charge < -0.3 is 4.74 Å². The number of esters is 1. The molecule has 0 spiro atoms. The van der Waals surface area contributed by atoms with Gasteiger partial charge in [-0.2, -0.15) is 0 Å². The minimum Gasteiger partial charge on any atom is -0.459 e. The summed E-state index contributed by atoms with van der Waals surface area (Å²) in [5.74, 6) is -0.0376. The van der Waals surface area contributed by atoms with Gasteiger partial charge in [-0.3, -0.25) is 4.79 Å². The fraction of sp³-hybridized carbons (Fsp3) is 0.929. The van der Waals surface area contributed by atoms with Gasteiger partial charge in [-0.1, -0.05) is 21.8 Å². The summed E-state index contributed by atoms with van der Waals surface area (Å²) >= 11 is 0. The van der Waals surface area contributed by atoms with Crippen molar-refractivity contribution in [3.05, 3.63) is 0 Å². The van der Waals surface area contributed by atoms with Crippen molar-refractivity contribution in [2.45, 2.75) is 80.3 Å². The molecule has 1 aliphatic carbocycles. The molecule has 0 heterocycles. The van der Waals surface area contributed by atoms with Gasteiger partial charge in [0.2, 0.25) is 0 Å². The Balaban J connectivity index is 0. The molecule has 0 aliphatic heterocycles. The Kier molecular flexibility index (Phi) is 6.99. The Morgan fingerprint density at radius 2 is 1.69 bits per heavy atom. The summed E-state index contributed by atoms with van der Waals surface area (Å²) in [6.45, 7) is 7.99. The zero-order valence-electron chi connectivity index (χ0n) is 9.85. The molecule has 0 aromatic carbocycles. The molecular formula is C14H30O2. The summed E-state index contributed by atoms with van der Waals surface area (Å²) in [4.78, 5) is 11.8. The molecule has 0 aromatic rings. The normalized spacial score (nSPS) is 18.2. The molecule has 16 heavy (non-hydrogen) atoms. The van der Waals surface area contributed by atoms with Gasteiger partial charge in [0.15, 0.2) is 0 Å². The third-order valence-electron chi connectivity index (χ3n) is 3.44. The van der Waals surface area contributed by atoms with E-state index in [9.17, 15) is 4.79 Å². The smallest absolute Gasteiger partial charge is 0.312 e. The average Bonchev–Trinajstić information content (AvgIpc) is 2.52. The molecule has 2 nitrogen and oxygen atoms in total. The highest BCUT2D eigenvalue weighted by Gasteiger charge is 2.37. The second kappa shape index (κ2) is 6.27. The van der Waals surface area contributed by atoms with Crippen LogP contribution in [0, 0.1) is 5.41 Å². The first-order valence-electron chi connectivity index (χ1n) is 5.63. The van der Waals surface area contributed by atoms with Crippen LogP contribution in [0.3, 0.4) is 0 Å². The van der Waals surface area contributed by atoms with Crippen molar-refractivity contribution in [2.24, 2.45) is 5.41 Å². The van der Waals surface area contributed by atoms with Gasteiger partial charge in [0.05, 0.1) is 5.41 Å². The van der Waals surface area contributed by atoms with Crippen molar-refractivity contribution in [1.29, 1.82) is 0 Å². The molecule has 0 aromatic heterocycles. The molecule has 0 atom stereocenters. The zero-order chi connectivity index (χ0) is 10.8. The Morgan fingerprint density at radius 3 is 2.06 bits per heavy atom. The van der Waals surface area contributed by atoms with Crippen LogP contribution in [-0.2, 0) is 9.53 Å². The Morgan fingerprint density at radius 1 is 1.25 bits per heavy atom. The maximum Gasteiger partial charge on any atom is 0.312 e. The quantitative estimate of drug-likeness (QED) is 0.664. The van der Waals surface area contributed by atoms with Crippen LogP contribution < -0.4 is 0 Å². The van der Waals surface area contributed by atoms with E-state index in [1.54, 1.807) is 0 Å². The van der Waals surface area contributed by atoms with E-state index in [4.69, 9.17) is 4.74 Å². The fourth-order valence-electron chi connectivity index (χ4n) is 1.73. The number of rotatable bonds is 3. The van der Waals surface area contributed by atoms with E-state index in [1.807, 2.05) is 20.8 Å². The molecule has 0 bridgehead atoms. The van der Waals surface area contributed by atoms with Gasteiger partial charge in [-0.25, -0.2) is 0 Å². The Bertz CT molecular complexity index is 213. The molecule has 1 saturated carbocycles. The maximum atomic E-state index is 11.8. The van der Waals surface area contributed by atoms with Crippen LogP contribution in [0.5, 0.6) is 0 Å². The molecule has 1 fully saturated rings. The first-order valence-corrected chi connectivity index (χ1v) is 5.63. The summed E-state index contributed by atoms with van der Waals surface area (Å²) in [5, 5.41) is 0. The second-order valence-corrected chi connectivity index (χ2v) is 5.28. The lowest BCUT2D eigenvalue weighted by Crippen LogP contribution is -2.35. The average molecular weight is 230 g/mol. The van der Waals surface area contributed by atoms with E-state index >= 15 is 0 Å². The van der Waals surface area contributed by atoms with Crippen molar-refractivity contribution in [3.8, 4) is 0 Å². The van der Waals surface area contributed by atoms with Crippen LogP contribution in [0.1, 0.15) is 74.7 Å². The number of hydrogen-bond acceptors (Lipinski definition) is 2. The Hall–Kier alpha value is -0.530.